The van der Waals surface area contributed by atoms with Gasteiger partial charge in [0.25, 0.3) is 10.0 Å². The Bertz CT molecular complexity index is 1390. The summed E-state index contributed by atoms with van der Waals surface area (Å²) in [6, 6.07) is 15.7. The molecule has 0 bridgehead atoms. The number of sulfonamides is 1. The Balaban J connectivity index is 2.02. The van der Waals surface area contributed by atoms with E-state index in [9.17, 15) is 26.8 Å². The summed E-state index contributed by atoms with van der Waals surface area (Å²) >= 11 is 0. The van der Waals surface area contributed by atoms with Crippen molar-refractivity contribution >= 4 is 27.5 Å². The van der Waals surface area contributed by atoms with Crippen molar-refractivity contribution < 1.29 is 26.8 Å². The van der Waals surface area contributed by atoms with E-state index in [2.05, 4.69) is 5.32 Å². The second-order valence-electron chi connectivity index (χ2n) is 9.74. The van der Waals surface area contributed by atoms with Crippen LogP contribution in [0.3, 0.4) is 0 Å². The molecule has 1 N–H and O–H groups in total. The van der Waals surface area contributed by atoms with Crippen molar-refractivity contribution in [3.05, 3.63) is 95.6 Å². The van der Waals surface area contributed by atoms with Gasteiger partial charge in [0.2, 0.25) is 11.8 Å². The van der Waals surface area contributed by atoms with Gasteiger partial charge in [0.15, 0.2) is 0 Å². The van der Waals surface area contributed by atoms with Crippen molar-refractivity contribution in [2.45, 2.75) is 45.2 Å². The van der Waals surface area contributed by atoms with Gasteiger partial charge in [-0.1, -0.05) is 55.8 Å². The number of aryl methyl sites for hydroxylation is 1. The summed E-state index contributed by atoms with van der Waals surface area (Å²) in [6.07, 6.45) is 0. The summed E-state index contributed by atoms with van der Waals surface area (Å²) in [5, 5.41) is 2.78. The van der Waals surface area contributed by atoms with Gasteiger partial charge in [0, 0.05) is 13.1 Å². The number of carbonyl (C=O) groups excluding carboxylic acids is 2. The van der Waals surface area contributed by atoms with Crippen molar-refractivity contribution in [1.29, 1.82) is 0 Å². The maximum atomic E-state index is 14.9. The number of nitrogens with one attached hydrogen (secondary N) is 1. The third-order valence-electron chi connectivity index (χ3n) is 6.13. The first-order valence-electron chi connectivity index (χ1n) is 12.6. The van der Waals surface area contributed by atoms with Crippen LogP contribution in [-0.4, -0.2) is 44.3 Å². The topological polar surface area (TPSA) is 86.8 Å². The number of anilines is 1. The van der Waals surface area contributed by atoms with Gasteiger partial charge in [-0.15, -0.1) is 0 Å². The average Bonchev–Trinajstić information content (AvgIpc) is 2.90. The van der Waals surface area contributed by atoms with Crippen molar-refractivity contribution in [3.8, 4) is 0 Å². The first kappa shape index (κ1) is 29.8. The third-order valence-corrected chi connectivity index (χ3v) is 7.90. The summed E-state index contributed by atoms with van der Waals surface area (Å²) in [4.78, 5) is 27.8. The van der Waals surface area contributed by atoms with Gasteiger partial charge in [0.1, 0.15) is 24.2 Å². The fourth-order valence-electron chi connectivity index (χ4n) is 3.83. The molecule has 208 valence electrons. The van der Waals surface area contributed by atoms with Gasteiger partial charge in [-0.25, -0.2) is 17.2 Å². The molecule has 0 saturated carbocycles. The lowest BCUT2D eigenvalue weighted by atomic mass is 10.1. The van der Waals surface area contributed by atoms with Gasteiger partial charge >= 0.3 is 0 Å². The van der Waals surface area contributed by atoms with Crippen molar-refractivity contribution in [2.24, 2.45) is 5.92 Å². The summed E-state index contributed by atoms with van der Waals surface area (Å²) in [5.74, 6) is -2.29. The van der Waals surface area contributed by atoms with Gasteiger partial charge in [-0.3, -0.25) is 13.9 Å². The van der Waals surface area contributed by atoms with Crippen LogP contribution in [0.15, 0.2) is 77.7 Å². The second-order valence-corrected chi connectivity index (χ2v) is 11.6. The molecule has 39 heavy (non-hydrogen) atoms. The number of rotatable bonds is 11. The highest BCUT2D eigenvalue weighted by Crippen LogP contribution is 2.27. The van der Waals surface area contributed by atoms with E-state index in [0.29, 0.717) is 16.4 Å². The molecule has 3 aromatic carbocycles. The summed E-state index contributed by atoms with van der Waals surface area (Å²) < 4.78 is 56.5. The molecular weight excluding hydrogens is 524 g/mol. The number of hydrogen-bond donors (Lipinski definition) is 1. The number of benzene rings is 3. The van der Waals surface area contributed by atoms with E-state index in [1.165, 1.54) is 66.4 Å². The number of hydrogen-bond acceptors (Lipinski definition) is 4. The molecule has 0 aliphatic heterocycles. The van der Waals surface area contributed by atoms with E-state index in [1.807, 2.05) is 13.8 Å². The Hall–Kier alpha value is -3.79. The Morgan fingerprint density at radius 1 is 0.897 bits per heavy atom. The van der Waals surface area contributed by atoms with Crippen LogP contribution in [0.5, 0.6) is 0 Å². The van der Waals surface area contributed by atoms with Gasteiger partial charge < -0.3 is 10.2 Å². The molecule has 0 spiro atoms. The highest BCUT2D eigenvalue weighted by Gasteiger charge is 2.33. The van der Waals surface area contributed by atoms with Crippen molar-refractivity contribution in [1.82, 2.24) is 10.2 Å². The van der Waals surface area contributed by atoms with E-state index in [4.69, 9.17) is 0 Å². The predicted molar refractivity (Wildman–Crippen MR) is 146 cm³/mol. The number of carbonyl (C=O) groups is 2. The van der Waals surface area contributed by atoms with Crippen LogP contribution in [0.2, 0.25) is 0 Å². The zero-order valence-electron chi connectivity index (χ0n) is 22.4. The fraction of sp³-hybridized carbons (Fsp3) is 0.310. The standard InChI is InChI=1S/C29H33F2N3O4S/c1-20(2)17-32-29(36)22(4)33(18-23-11-13-24(30)14-12-23)28(35)19-34(27-8-6-5-7-26(27)31)39(37,38)25-15-9-21(3)10-16-25/h5-16,20,22H,17-19H2,1-4H3,(H,32,36)/t22-/m1/s1. The van der Waals surface area contributed by atoms with Crippen molar-refractivity contribution in [2.75, 3.05) is 17.4 Å². The molecule has 0 saturated heterocycles. The first-order chi connectivity index (χ1) is 18.4. The Morgan fingerprint density at radius 2 is 1.51 bits per heavy atom. The molecule has 0 aliphatic rings. The molecule has 1 atom stereocenters. The third kappa shape index (κ3) is 7.63. The quantitative estimate of drug-likeness (QED) is 0.372. The molecule has 0 radical (unpaired) electrons. The molecule has 0 aliphatic carbocycles. The minimum atomic E-state index is -4.37. The number of para-hydroxylation sites is 1. The Labute approximate surface area is 228 Å². The molecule has 0 heterocycles. The summed E-state index contributed by atoms with van der Waals surface area (Å²) in [6.45, 7) is 6.70. The molecule has 0 aromatic heterocycles. The average molecular weight is 558 g/mol. The molecular formula is C29H33F2N3O4S. The largest absolute Gasteiger partial charge is 0.354 e. The maximum absolute atomic E-state index is 14.9. The van der Waals surface area contributed by atoms with E-state index >= 15 is 0 Å². The minimum absolute atomic E-state index is 0.0922. The number of nitrogens with zero attached hydrogens (tertiary/aromatic N) is 2. The number of amides is 2. The molecule has 2 amide bonds. The lowest BCUT2D eigenvalue weighted by molar-refractivity contribution is -0.139. The van der Waals surface area contributed by atoms with Crippen LogP contribution in [0.4, 0.5) is 14.5 Å². The zero-order valence-corrected chi connectivity index (χ0v) is 23.2. The molecule has 3 aromatic rings. The summed E-state index contributed by atoms with van der Waals surface area (Å²) in [5.41, 5.74) is 1.06. The van der Waals surface area contributed by atoms with Crippen LogP contribution in [0, 0.1) is 24.5 Å². The van der Waals surface area contributed by atoms with Crippen molar-refractivity contribution in [3.63, 3.8) is 0 Å². The Kier molecular flexibility index (Phi) is 9.80. The van der Waals surface area contributed by atoms with E-state index in [0.717, 1.165) is 11.6 Å². The number of halogens is 2. The van der Waals surface area contributed by atoms with Crippen LogP contribution in [0.1, 0.15) is 31.9 Å². The molecule has 7 nitrogen and oxygen atoms in total. The van der Waals surface area contributed by atoms with Crippen LogP contribution in [-0.2, 0) is 26.2 Å². The van der Waals surface area contributed by atoms with E-state index < -0.39 is 46.1 Å². The monoisotopic (exact) mass is 557 g/mol. The van der Waals surface area contributed by atoms with E-state index in [-0.39, 0.29) is 23.0 Å². The lowest BCUT2D eigenvalue weighted by Gasteiger charge is -2.32. The second kappa shape index (κ2) is 12.8. The highest BCUT2D eigenvalue weighted by molar-refractivity contribution is 7.92. The maximum Gasteiger partial charge on any atom is 0.264 e. The van der Waals surface area contributed by atoms with Gasteiger partial charge in [-0.05, 0) is 61.7 Å². The Morgan fingerprint density at radius 3 is 2.10 bits per heavy atom. The lowest BCUT2D eigenvalue weighted by Crippen LogP contribution is -2.51. The SMILES string of the molecule is Cc1ccc(S(=O)(=O)N(CC(=O)N(Cc2ccc(F)cc2)[C@H](C)C(=O)NCC(C)C)c2ccccc2F)cc1. The fourth-order valence-corrected chi connectivity index (χ4v) is 5.25. The summed E-state index contributed by atoms with van der Waals surface area (Å²) in [7, 11) is -4.37. The predicted octanol–water partition coefficient (Wildman–Crippen LogP) is 4.66. The normalized spacial score (nSPS) is 12.2. The molecule has 3 rings (SSSR count). The van der Waals surface area contributed by atoms with Crippen LogP contribution < -0.4 is 9.62 Å². The van der Waals surface area contributed by atoms with Crippen LogP contribution in [0.25, 0.3) is 0 Å². The minimum Gasteiger partial charge on any atom is -0.354 e. The van der Waals surface area contributed by atoms with Crippen LogP contribution >= 0.6 is 0 Å². The highest BCUT2D eigenvalue weighted by atomic mass is 32.2. The zero-order chi connectivity index (χ0) is 28.7. The first-order valence-corrected chi connectivity index (χ1v) is 14.0. The molecule has 0 unspecified atom stereocenters. The molecule has 10 heteroatoms. The van der Waals surface area contributed by atoms with Gasteiger partial charge in [-0.2, -0.15) is 0 Å². The smallest absolute Gasteiger partial charge is 0.264 e. The van der Waals surface area contributed by atoms with E-state index in [1.54, 1.807) is 19.1 Å². The van der Waals surface area contributed by atoms with Gasteiger partial charge in [0.05, 0.1) is 10.6 Å². The molecule has 0 fully saturated rings.